The van der Waals surface area contributed by atoms with E-state index in [0.29, 0.717) is 40.9 Å². The number of benzene rings is 2. The molecule has 0 spiro atoms. The Morgan fingerprint density at radius 2 is 1.84 bits per heavy atom. The number of carbonyl (C=O) groups excluding carboxylic acids is 3. The van der Waals surface area contributed by atoms with E-state index in [1.165, 1.54) is 4.68 Å². The Bertz CT molecular complexity index is 1550. The molecule has 1 aromatic heterocycles. The highest BCUT2D eigenvalue weighted by atomic mass is 16.7. The number of imide groups is 1. The molecule has 2 fully saturated rings. The first-order chi connectivity index (χ1) is 20.8. The van der Waals surface area contributed by atoms with E-state index < -0.39 is 11.8 Å². The molecule has 2 aromatic carbocycles. The van der Waals surface area contributed by atoms with Gasteiger partial charge in [0.2, 0.25) is 5.91 Å². The van der Waals surface area contributed by atoms with E-state index in [-0.39, 0.29) is 43.5 Å². The van der Waals surface area contributed by atoms with Gasteiger partial charge in [0.1, 0.15) is 12.3 Å². The highest BCUT2D eigenvalue weighted by Gasteiger charge is 2.43. The average Bonchev–Trinajstić information content (AvgIpc) is 3.58. The molecule has 1 saturated carbocycles. The number of hydroxylamine groups is 2. The second-order valence-electron chi connectivity index (χ2n) is 11.5. The quantitative estimate of drug-likeness (QED) is 0.300. The number of nitriles is 1. The van der Waals surface area contributed by atoms with Gasteiger partial charge in [-0.25, -0.2) is 0 Å². The number of amides is 3. The molecule has 0 bridgehead atoms. The fourth-order valence-corrected chi connectivity index (χ4v) is 6.64. The molecule has 1 saturated heterocycles. The largest absolute Gasteiger partial charge is 0.393 e. The Kier molecular flexibility index (Phi) is 7.92. The van der Waals surface area contributed by atoms with Crippen molar-refractivity contribution in [3.8, 4) is 6.19 Å². The molecule has 222 valence electrons. The van der Waals surface area contributed by atoms with E-state index in [2.05, 4.69) is 28.7 Å². The predicted molar refractivity (Wildman–Crippen MR) is 153 cm³/mol. The van der Waals surface area contributed by atoms with Gasteiger partial charge in [0, 0.05) is 18.7 Å². The second-order valence-corrected chi connectivity index (χ2v) is 11.5. The zero-order valence-corrected chi connectivity index (χ0v) is 23.8. The van der Waals surface area contributed by atoms with Crippen molar-refractivity contribution >= 4 is 23.4 Å². The first-order valence-corrected chi connectivity index (χ1v) is 14.6. The number of aliphatic hydroxyl groups excluding tert-OH is 1. The lowest BCUT2D eigenvalue weighted by Crippen LogP contribution is -2.47. The smallest absolute Gasteiger partial charge is 0.285 e. The van der Waals surface area contributed by atoms with E-state index in [9.17, 15) is 24.8 Å². The number of nitrogens with one attached hydrogen (secondary N) is 1. The van der Waals surface area contributed by atoms with Gasteiger partial charge >= 0.3 is 0 Å². The number of aromatic nitrogens is 3. The predicted octanol–water partition coefficient (Wildman–Crippen LogP) is 3.29. The van der Waals surface area contributed by atoms with Gasteiger partial charge in [-0.1, -0.05) is 42.5 Å². The number of carbonyl (C=O) groups is 3. The van der Waals surface area contributed by atoms with Gasteiger partial charge < -0.3 is 15.3 Å². The standard InChI is InChI=1S/C31H33N7O5/c1-19-25-14-27(36(18-32)15-20(25)10-11-28(19)39)24-8-4-5-9-26(24)33-29(40)12-13-37-16-21(34-35-37)17-43-38-30(41)22-6-2-3-7-23(22)31(38)42/h2-9,16,19-20,25,27-28,39H,10-15,17H2,1H3,(H,33,40)/t19-,20+,25?,27+,28+/m1/s1. The molecule has 1 unspecified atom stereocenters. The molecule has 12 heteroatoms. The highest BCUT2D eigenvalue weighted by molar-refractivity contribution is 6.20. The molecular formula is C31H33N7O5. The highest BCUT2D eigenvalue weighted by Crippen LogP contribution is 2.47. The maximum Gasteiger partial charge on any atom is 0.285 e. The molecule has 43 heavy (non-hydrogen) atoms. The summed E-state index contributed by atoms with van der Waals surface area (Å²) in [5.41, 5.74) is 2.53. The third-order valence-corrected chi connectivity index (χ3v) is 9.00. The van der Waals surface area contributed by atoms with Crippen LogP contribution in [0.15, 0.2) is 54.7 Å². The zero-order valence-electron chi connectivity index (χ0n) is 23.8. The Morgan fingerprint density at radius 1 is 1.12 bits per heavy atom. The van der Waals surface area contributed by atoms with E-state index in [0.717, 1.165) is 29.9 Å². The summed E-state index contributed by atoms with van der Waals surface area (Å²) in [7, 11) is 0. The molecule has 6 rings (SSSR count). The summed E-state index contributed by atoms with van der Waals surface area (Å²) < 4.78 is 1.50. The summed E-state index contributed by atoms with van der Waals surface area (Å²) >= 11 is 0. The monoisotopic (exact) mass is 583 g/mol. The lowest BCUT2D eigenvalue weighted by molar-refractivity contribution is -0.116. The van der Waals surface area contributed by atoms with Gasteiger partial charge in [0.25, 0.3) is 11.8 Å². The summed E-state index contributed by atoms with van der Waals surface area (Å²) in [4.78, 5) is 45.2. The third kappa shape index (κ3) is 5.61. The van der Waals surface area contributed by atoms with Crippen molar-refractivity contribution in [2.24, 2.45) is 17.8 Å². The summed E-state index contributed by atoms with van der Waals surface area (Å²) in [5, 5.41) is 32.2. The van der Waals surface area contributed by atoms with Crippen LogP contribution in [0.3, 0.4) is 0 Å². The number of aliphatic hydroxyl groups is 1. The minimum atomic E-state index is -0.526. The van der Waals surface area contributed by atoms with Gasteiger partial charge in [0.05, 0.1) is 36.0 Å². The molecule has 3 amide bonds. The Labute approximate surface area is 248 Å². The van der Waals surface area contributed by atoms with Gasteiger partial charge in [0.15, 0.2) is 6.19 Å². The number of nitrogens with zero attached hydrogens (tertiary/aromatic N) is 6. The number of piperidine rings is 1. The van der Waals surface area contributed by atoms with E-state index in [1.807, 2.05) is 29.2 Å². The van der Waals surface area contributed by atoms with Crippen LogP contribution in [0.2, 0.25) is 0 Å². The summed E-state index contributed by atoms with van der Waals surface area (Å²) in [5.74, 6) is -0.422. The van der Waals surface area contributed by atoms with Crippen LogP contribution in [0, 0.1) is 29.2 Å². The lowest BCUT2D eigenvalue weighted by atomic mass is 9.66. The van der Waals surface area contributed by atoms with E-state index in [1.54, 1.807) is 30.5 Å². The van der Waals surface area contributed by atoms with Crippen LogP contribution in [0.5, 0.6) is 0 Å². The topological polar surface area (TPSA) is 154 Å². The maximum atomic E-state index is 13.0. The first kappa shape index (κ1) is 28.5. The minimum Gasteiger partial charge on any atom is -0.393 e. The van der Waals surface area contributed by atoms with Crippen LogP contribution in [-0.4, -0.2) is 60.4 Å². The molecule has 12 nitrogen and oxygen atoms in total. The van der Waals surface area contributed by atoms with Crippen LogP contribution < -0.4 is 5.32 Å². The van der Waals surface area contributed by atoms with Crippen molar-refractivity contribution in [1.82, 2.24) is 25.0 Å². The molecule has 3 aliphatic rings. The lowest BCUT2D eigenvalue weighted by Gasteiger charge is -2.48. The number of likely N-dealkylation sites (tertiary alicyclic amines) is 1. The van der Waals surface area contributed by atoms with Crippen LogP contribution in [0.1, 0.15) is 70.6 Å². The van der Waals surface area contributed by atoms with Gasteiger partial charge in [-0.15, -0.1) is 10.2 Å². The van der Waals surface area contributed by atoms with Crippen molar-refractivity contribution < 1.29 is 24.3 Å². The summed E-state index contributed by atoms with van der Waals surface area (Å²) in [6.45, 7) is 2.86. The first-order valence-electron chi connectivity index (χ1n) is 14.6. The Morgan fingerprint density at radius 3 is 2.58 bits per heavy atom. The van der Waals surface area contributed by atoms with Crippen molar-refractivity contribution in [2.75, 3.05) is 11.9 Å². The average molecular weight is 584 g/mol. The number of rotatable bonds is 8. The van der Waals surface area contributed by atoms with E-state index >= 15 is 0 Å². The normalized spacial score (nSPS) is 24.8. The van der Waals surface area contributed by atoms with Gasteiger partial charge in [-0.2, -0.15) is 5.26 Å². The van der Waals surface area contributed by atoms with Crippen LogP contribution in [0.4, 0.5) is 5.69 Å². The summed E-state index contributed by atoms with van der Waals surface area (Å²) in [6, 6.07) is 13.9. The van der Waals surface area contributed by atoms with Crippen molar-refractivity contribution in [3.63, 3.8) is 0 Å². The molecule has 5 atom stereocenters. The maximum absolute atomic E-state index is 13.0. The van der Waals surface area contributed by atoms with Crippen molar-refractivity contribution in [3.05, 3.63) is 77.1 Å². The zero-order chi connectivity index (χ0) is 30.1. The number of fused-ring (bicyclic) bond motifs is 2. The molecule has 0 radical (unpaired) electrons. The van der Waals surface area contributed by atoms with E-state index in [4.69, 9.17) is 4.84 Å². The summed E-state index contributed by atoms with van der Waals surface area (Å²) in [6.07, 6.45) is 6.20. The third-order valence-electron chi connectivity index (χ3n) is 9.00. The number of para-hydroxylation sites is 1. The van der Waals surface area contributed by atoms with Gasteiger partial charge in [-0.3, -0.25) is 23.9 Å². The minimum absolute atomic E-state index is 0.122. The van der Waals surface area contributed by atoms with Crippen molar-refractivity contribution in [2.45, 2.75) is 57.9 Å². The van der Waals surface area contributed by atoms with Crippen LogP contribution >= 0.6 is 0 Å². The Balaban J connectivity index is 1.05. The fourth-order valence-electron chi connectivity index (χ4n) is 6.64. The van der Waals surface area contributed by atoms with Crippen molar-refractivity contribution in [1.29, 1.82) is 5.26 Å². The fraction of sp³-hybridized carbons (Fsp3) is 0.419. The van der Waals surface area contributed by atoms with Gasteiger partial charge in [-0.05, 0) is 60.8 Å². The number of hydrogen-bond acceptors (Lipinski definition) is 9. The molecular weight excluding hydrogens is 550 g/mol. The van der Waals surface area contributed by atoms with Crippen LogP contribution in [0.25, 0.3) is 0 Å². The second kappa shape index (κ2) is 11.9. The molecule has 2 aliphatic heterocycles. The SMILES string of the molecule is C[C@@H]1C2C[C@@H](c3ccccc3NC(=O)CCn3cc(CON4C(=O)c5ccccc5C4=O)nn3)N(C#N)C[C@@H]2CC[C@@H]1O. The molecule has 2 N–H and O–H groups in total. The molecule has 3 heterocycles. The number of anilines is 1. The number of hydrogen-bond donors (Lipinski definition) is 2. The number of aryl methyl sites for hydroxylation is 1. The molecule has 1 aliphatic carbocycles. The molecule has 3 aromatic rings. The Hall–Kier alpha value is -4.60. The van der Waals surface area contributed by atoms with Crippen LogP contribution in [-0.2, 0) is 22.8 Å².